The Labute approximate surface area is 105 Å². The van der Waals surface area contributed by atoms with Crippen molar-refractivity contribution in [2.75, 3.05) is 5.32 Å². The second kappa shape index (κ2) is 5.63. The summed E-state index contributed by atoms with van der Waals surface area (Å²) in [6.45, 7) is 2.21. The molecule has 0 saturated heterocycles. The van der Waals surface area contributed by atoms with Gasteiger partial charge in [-0.3, -0.25) is 0 Å². The van der Waals surface area contributed by atoms with E-state index in [4.69, 9.17) is 0 Å². The van der Waals surface area contributed by atoms with Crippen LogP contribution in [0.1, 0.15) is 39.0 Å². The molecule has 1 aliphatic rings. The molecule has 1 saturated carbocycles. The molecule has 1 aromatic rings. The van der Waals surface area contributed by atoms with Crippen molar-refractivity contribution in [2.45, 2.75) is 45.1 Å². The Bertz CT molecular complexity index is 420. The third kappa shape index (κ3) is 2.98. The summed E-state index contributed by atoms with van der Waals surface area (Å²) in [5.74, 6) is -2.98. The lowest BCUT2D eigenvalue weighted by Gasteiger charge is -2.18. The van der Waals surface area contributed by atoms with Crippen LogP contribution in [-0.2, 0) is 0 Å². The maximum absolute atomic E-state index is 13.5. The van der Waals surface area contributed by atoms with E-state index in [1.54, 1.807) is 0 Å². The first-order chi connectivity index (χ1) is 8.58. The Balaban J connectivity index is 2.07. The topological polar surface area (TPSA) is 12.0 Å². The molecule has 1 nitrogen and oxygen atoms in total. The monoisotopic (exact) mass is 257 g/mol. The number of nitrogens with one attached hydrogen (secondary N) is 1. The van der Waals surface area contributed by atoms with Crippen LogP contribution in [0.3, 0.4) is 0 Å². The maximum Gasteiger partial charge on any atom is 0.196 e. The van der Waals surface area contributed by atoms with Crippen LogP contribution in [0.5, 0.6) is 0 Å². The third-order valence-electron chi connectivity index (χ3n) is 3.65. The molecule has 18 heavy (non-hydrogen) atoms. The number of hydrogen-bond donors (Lipinski definition) is 1. The van der Waals surface area contributed by atoms with E-state index in [0.717, 1.165) is 31.7 Å². The highest BCUT2D eigenvalue weighted by atomic mass is 19.2. The van der Waals surface area contributed by atoms with E-state index >= 15 is 0 Å². The van der Waals surface area contributed by atoms with Crippen LogP contribution in [0.4, 0.5) is 18.9 Å². The highest BCUT2D eigenvalue weighted by Gasteiger charge is 2.19. The van der Waals surface area contributed by atoms with E-state index in [1.807, 2.05) is 0 Å². The van der Waals surface area contributed by atoms with Crippen molar-refractivity contribution >= 4 is 5.69 Å². The Hall–Kier alpha value is -1.19. The minimum Gasteiger partial charge on any atom is -0.380 e. The summed E-state index contributed by atoms with van der Waals surface area (Å²) < 4.78 is 39.4. The molecule has 2 unspecified atom stereocenters. The standard InChI is InChI=1S/C14H18F3N/c1-9-3-2-4-10(6-5-9)18-12-8-7-11(15)13(16)14(12)17/h7-10,18H,2-6H2,1H3. The highest BCUT2D eigenvalue weighted by Crippen LogP contribution is 2.27. The number of hydrogen-bond acceptors (Lipinski definition) is 1. The molecule has 1 N–H and O–H groups in total. The Morgan fingerprint density at radius 3 is 2.56 bits per heavy atom. The van der Waals surface area contributed by atoms with Crippen LogP contribution in [0.25, 0.3) is 0 Å². The van der Waals surface area contributed by atoms with Crippen molar-refractivity contribution in [2.24, 2.45) is 5.92 Å². The molecule has 100 valence electrons. The second-order valence-corrected chi connectivity index (χ2v) is 5.18. The van der Waals surface area contributed by atoms with Crippen LogP contribution in [-0.4, -0.2) is 6.04 Å². The third-order valence-corrected chi connectivity index (χ3v) is 3.65. The molecular formula is C14H18F3N. The zero-order valence-corrected chi connectivity index (χ0v) is 10.5. The molecule has 0 heterocycles. The van der Waals surface area contributed by atoms with Crippen molar-refractivity contribution in [3.8, 4) is 0 Å². The Morgan fingerprint density at radius 2 is 1.78 bits per heavy atom. The zero-order valence-electron chi connectivity index (χ0n) is 10.5. The van der Waals surface area contributed by atoms with Gasteiger partial charge in [-0.15, -0.1) is 0 Å². The Morgan fingerprint density at radius 1 is 1.00 bits per heavy atom. The molecule has 1 aromatic carbocycles. The van der Waals surface area contributed by atoms with Gasteiger partial charge in [-0.2, -0.15) is 0 Å². The fourth-order valence-corrected chi connectivity index (χ4v) is 2.49. The average Bonchev–Trinajstić information content (AvgIpc) is 2.55. The van der Waals surface area contributed by atoms with Crippen molar-refractivity contribution in [3.05, 3.63) is 29.6 Å². The summed E-state index contributed by atoms with van der Waals surface area (Å²) in [4.78, 5) is 0. The number of anilines is 1. The first-order valence-electron chi connectivity index (χ1n) is 6.48. The normalized spacial score (nSPS) is 24.7. The molecule has 0 radical (unpaired) electrons. The van der Waals surface area contributed by atoms with Gasteiger partial charge in [-0.25, -0.2) is 13.2 Å². The molecule has 1 fully saturated rings. The second-order valence-electron chi connectivity index (χ2n) is 5.18. The van der Waals surface area contributed by atoms with E-state index in [1.165, 1.54) is 12.5 Å². The van der Waals surface area contributed by atoms with Crippen LogP contribution in [0, 0.1) is 23.4 Å². The largest absolute Gasteiger partial charge is 0.380 e. The summed E-state index contributed by atoms with van der Waals surface area (Å²) in [5.41, 5.74) is 0.0634. The lowest BCUT2D eigenvalue weighted by Crippen LogP contribution is -2.19. The van der Waals surface area contributed by atoms with E-state index < -0.39 is 17.5 Å². The van der Waals surface area contributed by atoms with Gasteiger partial charge in [0, 0.05) is 6.04 Å². The summed E-state index contributed by atoms with van der Waals surface area (Å²) >= 11 is 0. The number of rotatable bonds is 2. The molecule has 0 aromatic heterocycles. The lowest BCUT2D eigenvalue weighted by molar-refractivity contribution is 0.447. The van der Waals surface area contributed by atoms with Gasteiger partial charge in [0.1, 0.15) is 0 Å². The highest BCUT2D eigenvalue weighted by molar-refractivity contribution is 5.46. The van der Waals surface area contributed by atoms with Crippen LogP contribution in [0.15, 0.2) is 12.1 Å². The molecule has 0 spiro atoms. The lowest BCUT2D eigenvalue weighted by atomic mass is 10.0. The van der Waals surface area contributed by atoms with E-state index in [-0.39, 0.29) is 11.7 Å². The minimum atomic E-state index is -1.40. The molecule has 2 atom stereocenters. The van der Waals surface area contributed by atoms with E-state index in [0.29, 0.717) is 5.92 Å². The predicted octanol–water partition coefficient (Wildman–Crippen LogP) is 4.48. The fourth-order valence-electron chi connectivity index (χ4n) is 2.49. The van der Waals surface area contributed by atoms with Gasteiger partial charge >= 0.3 is 0 Å². The summed E-state index contributed by atoms with van der Waals surface area (Å²) in [6.07, 6.45) is 5.24. The molecule has 1 aliphatic carbocycles. The molecular weight excluding hydrogens is 239 g/mol. The molecule has 2 rings (SSSR count). The van der Waals surface area contributed by atoms with Crippen molar-refractivity contribution in [1.82, 2.24) is 0 Å². The first-order valence-corrected chi connectivity index (χ1v) is 6.48. The SMILES string of the molecule is CC1CCCC(Nc2ccc(F)c(F)c2F)CC1. The van der Waals surface area contributed by atoms with Crippen LogP contribution >= 0.6 is 0 Å². The molecule has 4 heteroatoms. The zero-order chi connectivity index (χ0) is 13.1. The van der Waals surface area contributed by atoms with Gasteiger partial charge in [0.25, 0.3) is 0 Å². The smallest absolute Gasteiger partial charge is 0.196 e. The summed E-state index contributed by atoms with van der Waals surface area (Å²) in [5, 5.41) is 3.00. The molecule has 0 aliphatic heterocycles. The average molecular weight is 257 g/mol. The van der Waals surface area contributed by atoms with Gasteiger partial charge in [-0.1, -0.05) is 19.8 Å². The van der Waals surface area contributed by atoms with E-state index in [2.05, 4.69) is 12.2 Å². The fraction of sp³-hybridized carbons (Fsp3) is 0.571. The minimum absolute atomic E-state index is 0.0634. The van der Waals surface area contributed by atoms with Gasteiger partial charge in [0.15, 0.2) is 17.5 Å². The molecule has 0 bridgehead atoms. The predicted molar refractivity (Wildman–Crippen MR) is 66.0 cm³/mol. The first kappa shape index (κ1) is 13.2. The summed E-state index contributed by atoms with van der Waals surface area (Å²) in [6, 6.07) is 2.37. The van der Waals surface area contributed by atoms with Gasteiger partial charge in [0.05, 0.1) is 5.69 Å². The van der Waals surface area contributed by atoms with Crippen molar-refractivity contribution in [3.63, 3.8) is 0 Å². The van der Waals surface area contributed by atoms with Gasteiger partial charge in [-0.05, 0) is 37.3 Å². The number of benzene rings is 1. The van der Waals surface area contributed by atoms with Crippen molar-refractivity contribution in [1.29, 1.82) is 0 Å². The summed E-state index contributed by atoms with van der Waals surface area (Å²) in [7, 11) is 0. The van der Waals surface area contributed by atoms with Gasteiger partial charge < -0.3 is 5.32 Å². The Kier molecular flexibility index (Phi) is 4.15. The van der Waals surface area contributed by atoms with Gasteiger partial charge in [0.2, 0.25) is 0 Å². The quantitative estimate of drug-likeness (QED) is 0.608. The maximum atomic E-state index is 13.5. The molecule has 0 amide bonds. The van der Waals surface area contributed by atoms with E-state index in [9.17, 15) is 13.2 Å². The number of halogens is 3. The van der Waals surface area contributed by atoms with Crippen LogP contribution in [0.2, 0.25) is 0 Å². The van der Waals surface area contributed by atoms with Crippen molar-refractivity contribution < 1.29 is 13.2 Å². The van der Waals surface area contributed by atoms with Crippen LogP contribution < -0.4 is 5.32 Å².